The normalized spacial score (nSPS) is 13.6. The molecule has 0 N–H and O–H groups in total. The van der Waals surface area contributed by atoms with Gasteiger partial charge in [0.2, 0.25) is 0 Å². The Morgan fingerprint density at radius 2 is 1.78 bits per heavy atom. The van der Waals surface area contributed by atoms with E-state index in [9.17, 15) is 14.9 Å². The molecule has 0 saturated carbocycles. The molecule has 0 spiro atoms. The zero-order valence-corrected chi connectivity index (χ0v) is 14.3. The second-order valence-electron chi connectivity index (χ2n) is 6.32. The monoisotopic (exact) mass is 313 g/mol. The molecule has 0 bridgehead atoms. The van der Waals surface area contributed by atoms with Crippen LogP contribution in [-0.4, -0.2) is 18.4 Å². The van der Waals surface area contributed by atoms with Crippen molar-refractivity contribution in [1.29, 1.82) is 5.26 Å². The third-order valence-corrected chi connectivity index (χ3v) is 3.47. The maximum Gasteiger partial charge on any atom is 0.321 e. The fraction of sp³-hybridized carbons (Fsp3) is 0.421. The highest BCUT2D eigenvalue weighted by Gasteiger charge is 2.39. The van der Waals surface area contributed by atoms with Crippen LogP contribution in [0, 0.1) is 22.7 Å². The molecule has 0 aliphatic heterocycles. The first-order valence-electron chi connectivity index (χ1n) is 7.61. The van der Waals surface area contributed by atoms with E-state index < -0.39 is 17.3 Å². The Bertz CT molecular complexity index is 645. The predicted octanol–water partition coefficient (Wildman–Crippen LogP) is 3.78. The molecule has 4 nitrogen and oxygen atoms in total. The van der Waals surface area contributed by atoms with E-state index in [1.54, 1.807) is 46.8 Å². The molecule has 0 aromatic heterocycles. The SMILES string of the molecule is CCOC(=O)C(C(=O)C(C)(C)C)/C(=C(/C)C#N)c1ccccc1. The second kappa shape index (κ2) is 7.73. The number of carbonyl (C=O) groups excluding carboxylic acids is 2. The lowest BCUT2D eigenvalue weighted by atomic mass is 9.76. The average molecular weight is 313 g/mol. The van der Waals surface area contributed by atoms with Crippen molar-refractivity contribution in [3.05, 3.63) is 41.5 Å². The van der Waals surface area contributed by atoms with Crippen LogP contribution in [0.4, 0.5) is 0 Å². The third kappa shape index (κ3) is 4.53. The summed E-state index contributed by atoms with van der Waals surface area (Å²) in [5, 5.41) is 9.34. The van der Waals surface area contributed by atoms with Gasteiger partial charge in [-0.3, -0.25) is 9.59 Å². The quantitative estimate of drug-likeness (QED) is 0.471. The Labute approximate surface area is 137 Å². The first kappa shape index (κ1) is 18.6. The molecule has 0 amide bonds. The number of Topliss-reactive ketones (excluding diaryl/α,β-unsaturated/α-hetero) is 1. The molecule has 0 fully saturated rings. The molecule has 4 heteroatoms. The molecule has 0 aliphatic carbocycles. The largest absolute Gasteiger partial charge is 0.465 e. The van der Waals surface area contributed by atoms with Crippen LogP contribution in [0.5, 0.6) is 0 Å². The molecular formula is C19H23NO3. The van der Waals surface area contributed by atoms with Crippen molar-refractivity contribution in [3.63, 3.8) is 0 Å². The molecule has 0 heterocycles. The molecular weight excluding hydrogens is 290 g/mol. The zero-order valence-electron chi connectivity index (χ0n) is 14.3. The first-order chi connectivity index (χ1) is 10.7. The number of ether oxygens (including phenoxy) is 1. The standard InChI is InChI=1S/C19H23NO3/c1-6-23-18(22)16(17(21)19(3,4)5)15(13(2)12-20)14-10-8-7-9-11-14/h7-11,16H,6H2,1-5H3/b15-13-. The topological polar surface area (TPSA) is 67.2 Å². The lowest BCUT2D eigenvalue weighted by Gasteiger charge is -2.26. The van der Waals surface area contributed by atoms with Gasteiger partial charge in [-0.15, -0.1) is 0 Å². The van der Waals surface area contributed by atoms with Gasteiger partial charge in [-0.25, -0.2) is 0 Å². The predicted molar refractivity (Wildman–Crippen MR) is 89.2 cm³/mol. The van der Waals surface area contributed by atoms with Crippen LogP contribution >= 0.6 is 0 Å². The van der Waals surface area contributed by atoms with Crippen LogP contribution in [-0.2, 0) is 14.3 Å². The minimum absolute atomic E-state index is 0.181. The number of carbonyl (C=O) groups is 2. The molecule has 1 rings (SSSR count). The van der Waals surface area contributed by atoms with Crippen molar-refractivity contribution in [2.45, 2.75) is 34.6 Å². The highest BCUT2D eigenvalue weighted by molar-refractivity contribution is 6.12. The highest BCUT2D eigenvalue weighted by atomic mass is 16.5. The Morgan fingerprint density at radius 3 is 2.22 bits per heavy atom. The van der Waals surface area contributed by atoms with Gasteiger partial charge in [0.1, 0.15) is 5.92 Å². The second-order valence-corrected chi connectivity index (χ2v) is 6.32. The number of rotatable bonds is 5. The Hall–Kier alpha value is -2.41. The van der Waals surface area contributed by atoms with Crippen LogP contribution in [0.15, 0.2) is 35.9 Å². The van der Waals surface area contributed by atoms with Crippen molar-refractivity contribution in [1.82, 2.24) is 0 Å². The fourth-order valence-corrected chi connectivity index (χ4v) is 2.29. The van der Waals surface area contributed by atoms with Crippen LogP contribution in [0.25, 0.3) is 5.57 Å². The molecule has 122 valence electrons. The van der Waals surface area contributed by atoms with Gasteiger partial charge in [-0.2, -0.15) is 5.26 Å². The van der Waals surface area contributed by atoms with Gasteiger partial charge in [0.15, 0.2) is 5.78 Å². The third-order valence-electron chi connectivity index (χ3n) is 3.47. The number of nitriles is 1. The van der Waals surface area contributed by atoms with E-state index in [0.717, 1.165) is 0 Å². The molecule has 0 saturated heterocycles. The number of benzene rings is 1. The van der Waals surface area contributed by atoms with Gasteiger partial charge >= 0.3 is 5.97 Å². The molecule has 1 aromatic rings. The number of allylic oxidation sites excluding steroid dienone is 1. The number of hydrogen-bond donors (Lipinski definition) is 0. The number of ketones is 1. The zero-order chi connectivity index (χ0) is 17.6. The van der Waals surface area contributed by atoms with E-state index >= 15 is 0 Å². The Morgan fingerprint density at radius 1 is 1.22 bits per heavy atom. The van der Waals surface area contributed by atoms with Gasteiger partial charge in [0, 0.05) is 11.0 Å². The smallest absolute Gasteiger partial charge is 0.321 e. The summed E-state index contributed by atoms with van der Waals surface area (Å²) >= 11 is 0. The molecule has 0 radical (unpaired) electrons. The minimum atomic E-state index is -1.10. The van der Waals surface area contributed by atoms with Crippen LogP contribution in [0.2, 0.25) is 0 Å². The van der Waals surface area contributed by atoms with E-state index in [4.69, 9.17) is 4.74 Å². The Kier molecular flexibility index (Phi) is 6.27. The van der Waals surface area contributed by atoms with Crippen LogP contribution < -0.4 is 0 Å². The lowest BCUT2D eigenvalue weighted by Crippen LogP contribution is -2.36. The van der Waals surface area contributed by atoms with Gasteiger partial charge < -0.3 is 4.74 Å². The van der Waals surface area contributed by atoms with E-state index in [1.165, 1.54) is 0 Å². The van der Waals surface area contributed by atoms with Crippen molar-refractivity contribution >= 4 is 17.3 Å². The summed E-state index contributed by atoms with van der Waals surface area (Å²) in [6.07, 6.45) is 0. The first-order valence-corrected chi connectivity index (χ1v) is 7.61. The molecule has 1 aromatic carbocycles. The van der Waals surface area contributed by atoms with E-state index in [2.05, 4.69) is 6.07 Å². The van der Waals surface area contributed by atoms with Gasteiger partial charge in [0.05, 0.1) is 12.7 Å². The summed E-state index contributed by atoms with van der Waals surface area (Å²) in [6, 6.07) is 11.1. The summed E-state index contributed by atoms with van der Waals surface area (Å²) < 4.78 is 5.11. The van der Waals surface area contributed by atoms with Gasteiger partial charge in [0.25, 0.3) is 0 Å². The van der Waals surface area contributed by atoms with E-state index in [-0.39, 0.29) is 12.4 Å². The minimum Gasteiger partial charge on any atom is -0.465 e. The molecule has 0 aliphatic rings. The Balaban J connectivity index is 3.56. The molecule has 23 heavy (non-hydrogen) atoms. The van der Waals surface area contributed by atoms with Crippen LogP contribution in [0.3, 0.4) is 0 Å². The van der Waals surface area contributed by atoms with Crippen molar-refractivity contribution in [2.75, 3.05) is 6.61 Å². The van der Waals surface area contributed by atoms with Crippen molar-refractivity contribution < 1.29 is 14.3 Å². The molecule has 1 unspecified atom stereocenters. The van der Waals surface area contributed by atoms with E-state index in [0.29, 0.717) is 16.7 Å². The van der Waals surface area contributed by atoms with Crippen molar-refractivity contribution in [2.24, 2.45) is 11.3 Å². The number of esters is 1. The van der Waals surface area contributed by atoms with Crippen LogP contribution in [0.1, 0.15) is 40.2 Å². The highest BCUT2D eigenvalue weighted by Crippen LogP contribution is 2.34. The maximum atomic E-state index is 12.9. The summed E-state index contributed by atoms with van der Waals surface area (Å²) in [4.78, 5) is 25.4. The fourth-order valence-electron chi connectivity index (χ4n) is 2.29. The van der Waals surface area contributed by atoms with E-state index in [1.807, 2.05) is 18.2 Å². The van der Waals surface area contributed by atoms with Gasteiger partial charge in [-0.1, -0.05) is 51.1 Å². The summed E-state index contributed by atoms with van der Waals surface area (Å²) in [5.41, 5.74) is 0.716. The summed E-state index contributed by atoms with van der Waals surface area (Å²) in [7, 11) is 0. The lowest BCUT2D eigenvalue weighted by molar-refractivity contribution is -0.151. The maximum absolute atomic E-state index is 12.9. The summed E-state index contributed by atoms with van der Waals surface area (Å²) in [5.74, 6) is -1.97. The number of hydrogen-bond acceptors (Lipinski definition) is 4. The average Bonchev–Trinajstić information content (AvgIpc) is 2.51. The van der Waals surface area contributed by atoms with Crippen molar-refractivity contribution in [3.8, 4) is 6.07 Å². The molecule has 1 atom stereocenters. The number of nitrogens with zero attached hydrogens (tertiary/aromatic N) is 1. The van der Waals surface area contributed by atoms with Gasteiger partial charge in [-0.05, 0) is 25.0 Å². The summed E-state index contributed by atoms with van der Waals surface area (Å²) in [6.45, 7) is 8.76.